The molecule has 3 heterocycles. The van der Waals surface area contributed by atoms with Gasteiger partial charge in [0.2, 0.25) is 0 Å². The van der Waals surface area contributed by atoms with E-state index in [1.54, 1.807) is 6.20 Å². The molecule has 168 valence electrons. The van der Waals surface area contributed by atoms with Crippen molar-refractivity contribution in [2.24, 2.45) is 5.41 Å². The van der Waals surface area contributed by atoms with Crippen LogP contribution in [-0.2, 0) is 11.5 Å². The summed E-state index contributed by atoms with van der Waals surface area (Å²) in [6, 6.07) is 9.29. The van der Waals surface area contributed by atoms with Crippen LogP contribution >= 0.6 is 0 Å². The smallest absolute Gasteiger partial charge is 0.171 e. The lowest BCUT2D eigenvalue weighted by atomic mass is 9.87. The molecular formula is C25H32N4O2Si. The summed E-state index contributed by atoms with van der Waals surface area (Å²) in [5.41, 5.74) is 4.13. The Morgan fingerprint density at radius 3 is 2.69 bits per heavy atom. The van der Waals surface area contributed by atoms with E-state index in [0.717, 1.165) is 28.2 Å². The number of rotatable bonds is 7. The van der Waals surface area contributed by atoms with E-state index in [1.807, 2.05) is 49.9 Å². The highest BCUT2D eigenvalue weighted by molar-refractivity contribution is 6.76. The number of Topliss-reactive ketones (excluding diaryl/α,β-unsaturated/α-hetero) is 1. The third-order valence-corrected chi connectivity index (χ3v) is 7.27. The van der Waals surface area contributed by atoms with Crippen LogP contribution in [0.2, 0.25) is 25.7 Å². The molecule has 0 bridgehead atoms. The van der Waals surface area contributed by atoms with Gasteiger partial charge in [0.15, 0.2) is 11.4 Å². The summed E-state index contributed by atoms with van der Waals surface area (Å²) in [5.74, 6) is 0.0506. The van der Waals surface area contributed by atoms with Crippen molar-refractivity contribution in [3.05, 3.63) is 48.4 Å². The first-order valence-corrected chi connectivity index (χ1v) is 14.8. The van der Waals surface area contributed by atoms with Gasteiger partial charge in [-0.15, -0.1) is 0 Å². The minimum absolute atomic E-state index is 0.0506. The molecule has 0 amide bonds. The van der Waals surface area contributed by atoms with Crippen molar-refractivity contribution in [3.63, 3.8) is 0 Å². The predicted octanol–water partition coefficient (Wildman–Crippen LogP) is 6.12. The first kappa shape index (κ1) is 22.4. The van der Waals surface area contributed by atoms with Gasteiger partial charge in [0, 0.05) is 43.6 Å². The molecule has 0 saturated carbocycles. The first-order valence-electron chi connectivity index (χ1n) is 11.1. The van der Waals surface area contributed by atoms with E-state index in [0.29, 0.717) is 30.1 Å². The fourth-order valence-corrected chi connectivity index (χ4v) is 4.36. The zero-order valence-electron chi connectivity index (χ0n) is 19.8. The summed E-state index contributed by atoms with van der Waals surface area (Å²) in [7, 11) is -1.17. The number of H-pyrrole nitrogens is 1. The number of hydrogen-bond acceptors (Lipinski definition) is 4. The van der Waals surface area contributed by atoms with E-state index in [4.69, 9.17) is 14.7 Å². The van der Waals surface area contributed by atoms with E-state index in [-0.39, 0.29) is 5.78 Å². The molecule has 0 radical (unpaired) electrons. The molecule has 3 aromatic heterocycles. The molecule has 6 nitrogen and oxygen atoms in total. The molecule has 0 saturated heterocycles. The Balaban J connectivity index is 1.73. The summed E-state index contributed by atoms with van der Waals surface area (Å²) in [4.78, 5) is 26.1. The van der Waals surface area contributed by atoms with Crippen molar-refractivity contribution < 1.29 is 9.53 Å². The largest absolute Gasteiger partial charge is 0.361 e. The van der Waals surface area contributed by atoms with E-state index in [9.17, 15) is 4.79 Å². The highest BCUT2D eigenvalue weighted by Crippen LogP contribution is 2.29. The molecule has 1 N–H and O–H groups in total. The highest BCUT2D eigenvalue weighted by atomic mass is 28.3. The van der Waals surface area contributed by atoms with Crippen LogP contribution in [0, 0.1) is 5.41 Å². The van der Waals surface area contributed by atoms with Crippen LogP contribution in [0.3, 0.4) is 0 Å². The van der Waals surface area contributed by atoms with Crippen LogP contribution in [-0.4, -0.2) is 40.0 Å². The molecular weight excluding hydrogens is 416 g/mol. The zero-order valence-corrected chi connectivity index (χ0v) is 20.8. The second-order valence-corrected chi connectivity index (χ2v) is 16.3. The first-order chi connectivity index (χ1) is 15.0. The van der Waals surface area contributed by atoms with Crippen LogP contribution in [0.15, 0.2) is 42.9 Å². The van der Waals surface area contributed by atoms with Gasteiger partial charge in [0.05, 0.1) is 17.5 Å². The van der Waals surface area contributed by atoms with Gasteiger partial charge in [-0.2, -0.15) is 0 Å². The number of ether oxygens (including phenoxy) is 1. The number of fused-ring (bicyclic) bond motifs is 2. The molecule has 0 fully saturated rings. The fourth-order valence-electron chi connectivity index (χ4n) is 3.61. The third-order valence-electron chi connectivity index (χ3n) is 5.57. The lowest BCUT2D eigenvalue weighted by Crippen LogP contribution is -2.22. The third kappa shape index (κ3) is 4.68. The lowest BCUT2D eigenvalue weighted by molar-refractivity contribution is 0.0849. The molecule has 32 heavy (non-hydrogen) atoms. The van der Waals surface area contributed by atoms with Gasteiger partial charge in [0.1, 0.15) is 12.2 Å². The topological polar surface area (TPSA) is 72.8 Å². The second kappa shape index (κ2) is 8.29. The number of hydrogen-bond donors (Lipinski definition) is 1. The molecule has 0 aliphatic carbocycles. The molecule has 0 aliphatic rings. The van der Waals surface area contributed by atoms with E-state index in [1.165, 1.54) is 0 Å². The standard InChI is InChI=1S/C25H32N4O2Si/c1-25(2,3)23(30)19-15-29(16-31-11-12-32(4,5)6)24-22(19)28-21(14-27-24)18-8-7-17-9-10-26-20(17)13-18/h7-10,13-15,26H,11-12,16H2,1-6H3. The molecule has 4 rings (SSSR count). The average molecular weight is 449 g/mol. The predicted molar refractivity (Wildman–Crippen MR) is 133 cm³/mol. The van der Waals surface area contributed by atoms with Gasteiger partial charge >= 0.3 is 0 Å². The van der Waals surface area contributed by atoms with Crippen LogP contribution in [0.1, 0.15) is 31.1 Å². The van der Waals surface area contributed by atoms with Gasteiger partial charge in [-0.25, -0.2) is 9.97 Å². The molecule has 0 spiro atoms. The van der Waals surface area contributed by atoms with Crippen molar-refractivity contribution in [2.45, 2.75) is 53.2 Å². The van der Waals surface area contributed by atoms with Crippen LogP contribution in [0.5, 0.6) is 0 Å². The number of nitrogens with one attached hydrogen (secondary N) is 1. The van der Waals surface area contributed by atoms with Crippen molar-refractivity contribution in [1.82, 2.24) is 19.5 Å². The van der Waals surface area contributed by atoms with E-state index in [2.05, 4.69) is 36.8 Å². The van der Waals surface area contributed by atoms with Crippen LogP contribution in [0.25, 0.3) is 33.3 Å². The van der Waals surface area contributed by atoms with Gasteiger partial charge < -0.3 is 14.3 Å². The van der Waals surface area contributed by atoms with Gasteiger partial charge in [-0.1, -0.05) is 52.5 Å². The average Bonchev–Trinajstić information content (AvgIpc) is 3.33. The maximum Gasteiger partial charge on any atom is 0.171 e. The quantitative estimate of drug-likeness (QED) is 0.210. The number of carbonyl (C=O) groups is 1. The normalized spacial score (nSPS) is 12.7. The van der Waals surface area contributed by atoms with Crippen LogP contribution < -0.4 is 0 Å². The Hall–Kier alpha value is -2.77. The molecule has 1 aromatic carbocycles. The molecule has 0 atom stereocenters. The minimum atomic E-state index is -1.17. The Labute approximate surface area is 190 Å². The number of ketones is 1. The second-order valence-electron chi connectivity index (χ2n) is 10.6. The van der Waals surface area contributed by atoms with E-state index >= 15 is 0 Å². The summed E-state index contributed by atoms with van der Waals surface area (Å²) in [5, 5.41) is 1.15. The SMILES string of the molecule is CC(C)(C)C(=O)c1cn(COCC[Si](C)(C)C)c2ncc(-c3ccc4cc[nH]c4c3)nc12. The summed E-state index contributed by atoms with van der Waals surface area (Å²) < 4.78 is 7.86. The number of benzene rings is 1. The highest BCUT2D eigenvalue weighted by Gasteiger charge is 2.28. The Kier molecular flexibility index (Phi) is 5.81. The van der Waals surface area contributed by atoms with E-state index < -0.39 is 13.5 Å². The number of aromatic amines is 1. The Morgan fingerprint density at radius 2 is 1.97 bits per heavy atom. The molecule has 7 heteroatoms. The Bertz CT molecular complexity index is 1270. The minimum Gasteiger partial charge on any atom is -0.361 e. The monoisotopic (exact) mass is 448 g/mol. The lowest BCUT2D eigenvalue weighted by Gasteiger charge is -2.16. The maximum atomic E-state index is 13.2. The van der Waals surface area contributed by atoms with Gasteiger partial charge in [-0.05, 0) is 23.6 Å². The van der Waals surface area contributed by atoms with Crippen molar-refractivity contribution in [2.75, 3.05) is 6.61 Å². The van der Waals surface area contributed by atoms with Crippen LogP contribution in [0.4, 0.5) is 0 Å². The van der Waals surface area contributed by atoms with Crippen molar-refractivity contribution in [1.29, 1.82) is 0 Å². The summed E-state index contributed by atoms with van der Waals surface area (Å²) in [6.07, 6.45) is 5.55. The fraction of sp³-hybridized carbons (Fsp3) is 0.400. The molecule has 0 aliphatic heterocycles. The number of nitrogens with zero attached hydrogens (tertiary/aromatic N) is 3. The number of aromatic nitrogens is 4. The number of carbonyl (C=O) groups excluding carboxylic acids is 1. The summed E-state index contributed by atoms with van der Waals surface area (Å²) >= 11 is 0. The molecule has 4 aromatic rings. The molecule has 0 unspecified atom stereocenters. The van der Waals surface area contributed by atoms with Crippen molar-refractivity contribution >= 4 is 35.9 Å². The Morgan fingerprint density at radius 1 is 1.19 bits per heavy atom. The van der Waals surface area contributed by atoms with Gasteiger partial charge in [-0.3, -0.25) is 4.79 Å². The zero-order chi connectivity index (χ0) is 23.1. The summed E-state index contributed by atoms with van der Waals surface area (Å²) in [6.45, 7) is 13.9. The van der Waals surface area contributed by atoms with Crippen molar-refractivity contribution in [3.8, 4) is 11.3 Å². The van der Waals surface area contributed by atoms with Gasteiger partial charge in [0.25, 0.3) is 0 Å². The maximum absolute atomic E-state index is 13.2.